The first-order valence-corrected chi connectivity index (χ1v) is 10.0. The molecule has 1 aromatic heterocycles. The second-order valence-corrected chi connectivity index (χ2v) is 7.36. The molecule has 4 rings (SSSR count). The lowest BCUT2D eigenvalue weighted by atomic mass is 9.91. The normalized spacial score (nSPS) is 15.1. The lowest BCUT2D eigenvalue weighted by Gasteiger charge is -2.17. The van der Waals surface area contributed by atoms with Gasteiger partial charge in [0.15, 0.2) is 0 Å². The minimum absolute atomic E-state index is 0.138. The monoisotopic (exact) mass is 447 g/mol. The Hall–Kier alpha value is -4.67. The number of phenols is 1. The Labute approximate surface area is 188 Å². The number of benzene rings is 2. The Morgan fingerprint density at radius 3 is 2.67 bits per heavy atom. The fourth-order valence-corrected chi connectivity index (χ4v) is 3.50. The summed E-state index contributed by atoms with van der Waals surface area (Å²) in [6.45, 7) is 0. The van der Waals surface area contributed by atoms with E-state index in [0.29, 0.717) is 34.9 Å². The summed E-state index contributed by atoms with van der Waals surface area (Å²) in [6.07, 6.45) is 6.11. The van der Waals surface area contributed by atoms with E-state index in [-0.39, 0.29) is 29.2 Å². The molecule has 0 fully saturated rings. The SMILES string of the molecule is CNC(=O)c1ccc(Nc2nc(N)n(C3=CCC(c4cc(O)cc([N+](=O)[O-])c4)C=C3)n2)cc1. The van der Waals surface area contributed by atoms with Crippen molar-refractivity contribution in [2.75, 3.05) is 18.1 Å². The third-order valence-corrected chi connectivity index (χ3v) is 5.15. The molecule has 0 bridgehead atoms. The van der Waals surface area contributed by atoms with Gasteiger partial charge in [0.2, 0.25) is 11.9 Å². The standard InChI is InChI=1S/C22H21N7O4/c1-24-20(31)14-2-6-16(7-3-14)25-22-26-21(23)28(27-22)17-8-4-13(5-9-17)15-10-18(29(32)33)12-19(30)11-15/h2-4,6-13,30H,5H2,1H3,(H,24,31)(H3,23,25,26,27). The number of allylic oxidation sites excluding steroid dienone is 4. The third kappa shape index (κ3) is 4.66. The van der Waals surface area contributed by atoms with Crippen LogP contribution < -0.4 is 16.4 Å². The second-order valence-electron chi connectivity index (χ2n) is 7.36. The number of hydrogen-bond acceptors (Lipinski definition) is 8. The van der Waals surface area contributed by atoms with E-state index >= 15 is 0 Å². The maximum atomic E-state index is 11.7. The van der Waals surface area contributed by atoms with E-state index in [1.807, 2.05) is 12.2 Å². The number of nitrogens with zero attached hydrogens (tertiary/aromatic N) is 4. The summed E-state index contributed by atoms with van der Waals surface area (Å²) in [6, 6.07) is 10.9. The smallest absolute Gasteiger partial charge is 0.273 e. The molecule has 1 unspecified atom stereocenters. The summed E-state index contributed by atoms with van der Waals surface area (Å²) in [4.78, 5) is 26.4. The number of nitrogens with two attached hydrogens (primary N) is 1. The molecular weight excluding hydrogens is 426 g/mol. The first-order valence-electron chi connectivity index (χ1n) is 10.0. The van der Waals surface area contributed by atoms with Crippen LogP contribution in [-0.4, -0.2) is 37.7 Å². The van der Waals surface area contributed by atoms with Crippen LogP contribution in [0.15, 0.2) is 60.7 Å². The van der Waals surface area contributed by atoms with Crippen LogP contribution in [0.4, 0.5) is 23.3 Å². The van der Waals surface area contributed by atoms with Gasteiger partial charge in [-0.15, -0.1) is 5.10 Å². The van der Waals surface area contributed by atoms with E-state index < -0.39 is 4.92 Å². The van der Waals surface area contributed by atoms with Crippen molar-refractivity contribution < 1.29 is 14.8 Å². The highest BCUT2D eigenvalue weighted by molar-refractivity contribution is 5.94. The Morgan fingerprint density at radius 2 is 2.03 bits per heavy atom. The van der Waals surface area contributed by atoms with Gasteiger partial charge in [-0.05, 0) is 48.4 Å². The highest BCUT2D eigenvalue weighted by Gasteiger charge is 2.19. The summed E-state index contributed by atoms with van der Waals surface area (Å²) in [7, 11) is 1.57. The van der Waals surface area contributed by atoms with Crippen molar-refractivity contribution in [3.63, 3.8) is 0 Å². The zero-order valence-electron chi connectivity index (χ0n) is 17.6. The van der Waals surface area contributed by atoms with Gasteiger partial charge in [-0.2, -0.15) is 9.67 Å². The minimum Gasteiger partial charge on any atom is -0.508 e. The van der Waals surface area contributed by atoms with E-state index in [1.54, 1.807) is 37.4 Å². The molecule has 0 spiro atoms. The average Bonchev–Trinajstić information content (AvgIpc) is 3.18. The number of anilines is 3. The molecule has 1 aliphatic carbocycles. The molecular formula is C22H21N7O4. The number of hydrogen-bond donors (Lipinski definition) is 4. The van der Waals surface area contributed by atoms with Crippen LogP contribution in [0.25, 0.3) is 5.70 Å². The molecule has 33 heavy (non-hydrogen) atoms. The summed E-state index contributed by atoms with van der Waals surface area (Å²) in [5.41, 5.74) is 8.45. The van der Waals surface area contributed by atoms with Crippen LogP contribution >= 0.6 is 0 Å². The summed E-state index contributed by atoms with van der Waals surface area (Å²) >= 11 is 0. The summed E-state index contributed by atoms with van der Waals surface area (Å²) in [5.74, 6) is 0.00703. The number of nitrogen functional groups attached to an aromatic ring is 1. The largest absolute Gasteiger partial charge is 0.508 e. The predicted octanol–water partition coefficient (Wildman–Crippen LogP) is 3.16. The Morgan fingerprint density at radius 1 is 1.27 bits per heavy atom. The Bertz CT molecular complexity index is 1280. The van der Waals surface area contributed by atoms with Gasteiger partial charge in [0.1, 0.15) is 5.75 Å². The van der Waals surface area contributed by atoms with Gasteiger partial charge in [0.05, 0.1) is 16.7 Å². The lowest BCUT2D eigenvalue weighted by Crippen LogP contribution is -2.17. The first-order chi connectivity index (χ1) is 15.8. The van der Waals surface area contributed by atoms with Crippen molar-refractivity contribution in [2.24, 2.45) is 0 Å². The molecule has 1 heterocycles. The van der Waals surface area contributed by atoms with Gasteiger partial charge in [-0.25, -0.2) is 0 Å². The zero-order valence-corrected chi connectivity index (χ0v) is 17.6. The van der Waals surface area contributed by atoms with E-state index in [1.165, 1.54) is 16.8 Å². The molecule has 3 aromatic rings. The highest BCUT2D eigenvalue weighted by Crippen LogP contribution is 2.33. The van der Waals surface area contributed by atoms with Gasteiger partial charge in [0.25, 0.3) is 11.6 Å². The van der Waals surface area contributed by atoms with Crippen LogP contribution in [0.5, 0.6) is 5.75 Å². The molecule has 5 N–H and O–H groups in total. The topological polar surface area (TPSA) is 161 Å². The number of aromatic hydroxyl groups is 1. The molecule has 0 aliphatic heterocycles. The quantitative estimate of drug-likeness (QED) is 0.331. The number of amides is 1. The molecule has 11 nitrogen and oxygen atoms in total. The second kappa shape index (κ2) is 8.83. The highest BCUT2D eigenvalue weighted by atomic mass is 16.6. The Balaban J connectivity index is 1.48. The van der Waals surface area contributed by atoms with E-state index in [0.717, 1.165) is 6.07 Å². The van der Waals surface area contributed by atoms with Crippen molar-refractivity contribution in [1.29, 1.82) is 0 Å². The Kier molecular flexibility index (Phi) is 5.77. The fourth-order valence-electron chi connectivity index (χ4n) is 3.50. The number of nitro benzene ring substituents is 1. The van der Waals surface area contributed by atoms with Crippen molar-refractivity contribution >= 4 is 34.9 Å². The van der Waals surface area contributed by atoms with Crippen molar-refractivity contribution in [3.8, 4) is 5.75 Å². The molecule has 168 valence electrons. The molecule has 1 atom stereocenters. The maximum Gasteiger partial charge on any atom is 0.273 e. The third-order valence-electron chi connectivity index (χ3n) is 5.15. The molecule has 1 amide bonds. The zero-order chi connectivity index (χ0) is 23.5. The van der Waals surface area contributed by atoms with Crippen LogP contribution in [-0.2, 0) is 0 Å². The van der Waals surface area contributed by atoms with Crippen LogP contribution in [0.3, 0.4) is 0 Å². The molecule has 0 saturated carbocycles. The first kappa shape index (κ1) is 21.6. The number of nitro groups is 1. The summed E-state index contributed by atoms with van der Waals surface area (Å²) in [5, 5.41) is 30.9. The van der Waals surface area contributed by atoms with E-state index in [9.17, 15) is 20.0 Å². The molecule has 1 aliphatic rings. The number of aromatic nitrogens is 3. The number of carbonyl (C=O) groups is 1. The van der Waals surface area contributed by atoms with Crippen molar-refractivity contribution in [3.05, 3.63) is 81.9 Å². The van der Waals surface area contributed by atoms with E-state index in [2.05, 4.69) is 20.7 Å². The predicted molar refractivity (Wildman–Crippen MR) is 123 cm³/mol. The van der Waals surface area contributed by atoms with Crippen molar-refractivity contribution in [1.82, 2.24) is 20.1 Å². The maximum absolute atomic E-state index is 11.7. The van der Waals surface area contributed by atoms with Crippen LogP contribution in [0.1, 0.15) is 28.3 Å². The van der Waals surface area contributed by atoms with Crippen LogP contribution in [0.2, 0.25) is 0 Å². The van der Waals surface area contributed by atoms with Gasteiger partial charge in [0, 0.05) is 30.3 Å². The molecule has 11 heteroatoms. The minimum atomic E-state index is -0.534. The van der Waals surface area contributed by atoms with E-state index in [4.69, 9.17) is 5.73 Å². The van der Waals surface area contributed by atoms with Gasteiger partial charge >= 0.3 is 0 Å². The molecule has 0 saturated heterocycles. The lowest BCUT2D eigenvalue weighted by molar-refractivity contribution is -0.385. The molecule has 0 radical (unpaired) electrons. The van der Waals surface area contributed by atoms with Gasteiger partial charge in [-0.3, -0.25) is 14.9 Å². The number of carbonyl (C=O) groups excluding carboxylic acids is 1. The van der Waals surface area contributed by atoms with Gasteiger partial charge in [-0.1, -0.05) is 12.2 Å². The number of nitrogens with one attached hydrogen (secondary N) is 2. The van der Waals surface area contributed by atoms with Gasteiger partial charge < -0.3 is 21.5 Å². The summed E-state index contributed by atoms with van der Waals surface area (Å²) < 4.78 is 1.48. The van der Waals surface area contributed by atoms with Crippen molar-refractivity contribution in [2.45, 2.75) is 12.3 Å². The number of rotatable bonds is 6. The van der Waals surface area contributed by atoms with Crippen LogP contribution in [0, 0.1) is 10.1 Å². The fraction of sp³-hybridized carbons (Fsp3) is 0.136. The number of non-ortho nitro benzene ring substituents is 1. The average molecular weight is 447 g/mol. The number of phenolic OH excluding ortho intramolecular Hbond substituents is 1. The molecule has 2 aromatic carbocycles.